The largest absolute Gasteiger partial charge is 0.493 e. The number of ketones is 1. The Morgan fingerprint density at radius 3 is 2.53 bits per heavy atom. The standard InChI is InChI=1S/C9H6BrFO4/c1-15-8-4(7(12)9(13)14)2-3-5(10)6(8)11/h2-3H,1H3,(H,13,14). The van der Waals surface area contributed by atoms with Crippen LogP contribution in [0.15, 0.2) is 16.6 Å². The second-order valence-corrected chi connectivity index (χ2v) is 3.43. The molecule has 0 aromatic heterocycles. The zero-order chi connectivity index (χ0) is 11.6. The average Bonchev–Trinajstić information content (AvgIpc) is 2.20. The lowest BCUT2D eigenvalue weighted by atomic mass is 10.1. The summed E-state index contributed by atoms with van der Waals surface area (Å²) in [6, 6.07) is 2.43. The van der Waals surface area contributed by atoms with Crippen LogP contribution in [-0.2, 0) is 4.79 Å². The molecule has 0 saturated carbocycles. The summed E-state index contributed by atoms with van der Waals surface area (Å²) in [7, 11) is 1.16. The average molecular weight is 277 g/mol. The molecule has 0 saturated heterocycles. The van der Waals surface area contributed by atoms with Crippen molar-refractivity contribution in [2.75, 3.05) is 7.11 Å². The summed E-state index contributed by atoms with van der Waals surface area (Å²) < 4.78 is 18.1. The molecule has 0 bridgehead atoms. The SMILES string of the molecule is COc1c(C(=O)C(=O)O)ccc(Br)c1F. The Balaban J connectivity index is 3.37. The van der Waals surface area contributed by atoms with Crippen molar-refractivity contribution in [2.45, 2.75) is 0 Å². The number of benzene rings is 1. The van der Waals surface area contributed by atoms with Crippen LogP contribution in [-0.4, -0.2) is 24.0 Å². The lowest BCUT2D eigenvalue weighted by Crippen LogP contribution is -2.14. The molecule has 1 rings (SSSR count). The number of ether oxygens (including phenoxy) is 1. The van der Waals surface area contributed by atoms with Crippen LogP contribution in [0.3, 0.4) is 0 Å². The Hall–Kier alpha value is -1.43. The maximum Gasteiger partial charge on any atom is 0.377 e. The molecule has 4 nitrogen and oxygen atoms in total. The first-order valence-electron chi connectivity index (χ1n) is 3.78. The summed E-state index contributed by atoms with van der Waals surface area (Å²) >= 11 is 2.89. The van der Waals surface area contributed by atoms with E-state index >= 15 is 0 Å². The fraction of sp³-hybridized carbons (Fsp3) is 0.111. The zero-order valence-electron chi connectivity index (χ0n) is 7.58. The van der Waals surface area contributed by atoms with E-state index in [4.69, 9.17) is 5.11 Å². The van der Waals surface area contributed by atoms with Gasteiger partial charge in [0.05, 0.1) is 17.1 Å². The topological polar surface area (TPSA) is 63.6 Å². The fourth-order valence-electron chi connectivity index (χ4n) is 1.03. The van der Waals surface area contributed by atoms with E-state index in [2.05, 4.69) is 20.7 Å². The molecule has 0 radical (unpaired) electrons. The van der Waals surface area contributed by atoms with Crippen LogP contribution in [0.1, 0.15) is 10.4 Å². The quantitative estimate of drug-likeness (QED) is 0.676. The summed E-state index contributed by atoms with van der Waals surface area (Å²) in [6.45, 7) is 0. The van der Waals surface area contributed by atoms with Gasteiger partial charge in [-0.15, -0.1) is 0 Å². The molecule has 1 aromatic carbocycles. The molecule has 0 aliphatic rings. The van der Waals surface area contributed by atoms with Gasteiger partial charge in [-0.3, -0.25) is 4.79 Å². The summed E-state index contributed by atoms with van der Waals surface area (Å²) in [6.07, 6.45) is 0. The van der Waals surface area contributed by atoms with Crippen molar-refractivity contribution in [1.82, 2.24) is 0 Å². The number of Topliss-reactive ketones (excluding diaryl/α,β-unsaturated/α-hetero) is 1. The highest BCUT2D eigenvalue weighted by Crippen LogP contribution is 2.29. The van der Waals surface area contributed by atoms with Crippen LogP contribution in [0.4, 0.5) is 4.39 Å². The fourth-order valence-corrected chi connectivity index (χ4v) is 1.34. The third kappa shape index (κ3) is 2.15. The van der Waals surface area contributed by atoms with E-state index < -0.39 is 17.6 Å². The summed E-state index contributed by atoms with van der Waals surface area (Å²) in [5, 5.41) is 8.48. The number of methoxy groups -OCH3 is 1. The van der Waals surface area contributed by atoms with Crippen molar-refractivity contribution >= 4 is 27.7 Å². The molecule has 1 N–H and O–H groups in total. The molecule has 0 aliphatic carbocycles. The molecule has 0 unspecified atom stereocenters. The summed E-state index contributed by atoms with van der Waals surface area (Å²) in [5.74, 6) is -4.05. The van der Waals surface area contributed by atoms with E-state index in [-0.39, 0.29) is 15.8 Å². The first-order valence-corrected chi connectivity index (χ1v) is 4.58. The molecular weight excluding hydrogens is 271 g/mol. The van der Waals surface area contributed by atoms with Gasteiger partial charge in [0.1, 0.15) is 0 Å². The van der Waals surface area contributed by atoms with E-state index in [9.17, 15) is 14.0 Å². The monoisotopic (exact) mass is 276 g/mol. The minimum Gasteiger partial charge on any atom is -0.493 e. The van der Waals surface area contributed by atoms with Crippen LogP contribution in [0.2, 0.25) is 0 Å². The lowest BCUT2D eigenvalue weighted by Gasteiger charge is -2.07. The third-order valence-corrected chi connectivity index (χ3v) is 2.31. The van der Waals surface area contributed by atoms with Gasteiger partial charge >= 0.3 is 5.97 Å². The van der Waals surface area contributed by atoms with E-state index in [1.54, 1.807) is 0 Å². The number of hydrogen-bond acceptors (Lipinski definition) is 3. The maximum absolute atomic E-state index is 13.4. The second kappa shape index (κ2) is 4.39. The van der Waals surface area contributed by atoms with E-state index in [0.29, 0.717) is 0 Å². The predicted octanol–water partition coefficient (Wildman–Crippen LogP) is 1.86. The molecule has 1 aromatic rings. The normalized spacial score (nSPS) is 9.80. The van der Waals surface area contributed by atoms with Crippen LogP contribution in [0, 0.1) is 5.82 Å². The number of carboxylic acid groups (broad SMARTS) is 1. The first kappa shape index (κ1) is 11.6. The lowest BCUT2D eigenvalue weighted by molar-refractivity contribution is -0.131. The molecule has 0 amide bonds. The predicted molar refractivity (Wildman–Crippen MR) is 52.6 cm³/mol. The molecule has 0 aliphatic heterocycles. The first-order chi connectivity index (χ1) is 6.99. The van der Waals surface area contributed by atoms with Gasteiger partial charge in [-0.25, -0.2) is 9.18 Å². The minimum atomic E-state index is -1.66. The molecule has 0 heterocycles. The smallest absolute Gasteiger partial charge is 0.377 e. The van der Waals surface area contributed by atoms with Gasteiger partial charge in [-0.05, 0) is 28.1 Å². The molecule has 0 atom stereocenters. The van der Waals surface area contributed by atoms with Crippen LogP contribution >= 0.6 is 15.9 Å². The highest BCUT2D eigenvalue weighted by molar-refractivity contribution is 9.10. The molecule has 6 heteroatoms. The van der Waals surface area contributed by atoms with Crippen molar-refractivity contribution < 1.29 is 23.8 Å². The van der Waals surface area contributed by atoms with Crippen molar-refractivity contribution in [2.24, 2.45) is 0 Å². The van der Waals surface area contributed by atoms with Gasteiger partial charge in [0.2, 0.25) is 0 Å². The molecular formula is C9H6BrFO4. The van der Waals surface area contributed by atoms with Gasteiger partial charge < -0.3 is 9.84 Å². The Kier molecular flexibility index (Phi) is 3.41. The van der Waals surface area contributed by atoms with E-state index in [1.807, 2.05) is 0 Å². The summed E-state index contributed by atoms with van der Waals surface area (Å²) in [5.41, 5.74) is -0.314. The molecule has 15 heavy (non-hydrogen) atoms. The van der Waals surface area contributed by atoms with Gasteiger partial charge in [0.15, 0.2) is 11.6 Å². The van der Waals surface area contributed by atoms with Crippen LogP contribution < -0.4 is 4.74 Å². The van der Waals surface area contributed by atoms with Gasteiger partial charge in [0, 0.05) is 0 Å². The Morgan fingerprint density at radius 1 is 1.47 bits per heavy atom. The van der Waals surface area contributed by atoms with Crippen LogP contribution in [0.5, 0.6) is 5.75 Å². The van der Waals surface area contributed by atoms with Gasteiger partial charge in [0.25, 0.3) is 5.78 Å². The Morgan fingerprint density at radius 2 is 2.07 bits per heavy atom. The number of carbonyl (C=O) groups is 2. The third-order valence-electron chi connectivity index (χ3n) is 1.69. The zero-order valence-corrected chi connectivity index (χ0v) is 9.17. The van der Waals surface area contributed by atoms with Crippen molar-refractivity contribution in [3.8, 4) is 5.75 Å². The molecule has 80 valence electrons. The number of halogens is 2. The van der Waals surface area contributed by atoms with Gasteiger partial charge in [-0.1, -0.05) is 0 Å². The number of aliphatic carboxylic acids is 1. The number of hydrogen-bond donors (Lipinski definition) is 1. The van der Waals surface area contributed by atoms with E-state index in [0.717, 1.165) is 7.11 Å². The number of rotatable bonds is 3. The van der Waals surface area contributed by atoms with Crippen LogP contribution in [0.25, 0.3) is 0 Å². The van der Waals surface area contributed by atoms with Crippen molar-refractivity contribution in [3.05, 3.63) is 28.0 Å². The van der Waals surface area contributed by atoms with Crippen molar-refractivity contribution in [1.29, 1.82) is 0 Å². The summed E-state index contributed by atoms with van der Waals surface area (Å²) in [4.78, 5) is 21.6. The highest BCUT2D eigenvalue weighted by Gasteiger charge is 2.23. The van der Waals surface area contributed by atoms with Crippen molar-refractivity contribution in [3.63, 3.8) is 0 Å². The Labute approximate surface area is 92.8 Å². The number of carbonyl (C=O) groups excluding carboxylic acids is 1. The van der Waals surface area contributed by atoms with Gasteiger partial charge in [-0.2, -0.15) is 0 Å². The number of carboxylic acids is 1. The second-order valence-electron chi connectivity index (χ2n) is 2.58. The minimum absolute atomic E-state index is 0.0984. The molecule has 0 spiro atoms. The molecule has 0 fully saturated rings. The van der Waals surface area contributed by atoms with E-state index in [1.165, 1.54) is 12.1 Å². The Bertz CT molecular complexity index is 430. The maximum atomic E-state index is 13.4. The highest BCUT2D eigenvalue weighted by atomic mass is 79.9.